The molecule has 0 radical (unpaired) electrons. The third-order valence-corrected chi connectivity index (χ3v) is 4.47. The molecule has 0 atom stereocenters. The predicted octanol–water partition coefficient (Wildman–Crippen LogP) is 2.14. The normalized spacial score (nSPS) is 11.7. The maximum atomic E-state index is 12.0. The van der Waals surface area contributed by atoms with Crippen LogP contribution in [0.15, 0.2) is 52.0 Å². The molecule has 2 rings (SSSR count). The highest BCUT2D eigenvalue weighted by Crippen LogP contribution is 2.18. The first-order valence-corrected chi connectivity index (χ1v) is 7.23. The van der Waals surface area contributed by atoms with E-state index >= 15 is 0 Å². The number of anilines is 1. The van der Waals surface area contributed by atoms with E-state index in [2.05, 4.69) is 5.32 Å². The van der Waals surface area contributed by atoms with Gasteiger partial charge in [-0.15, -0.1) is 0 Å². The van der Waals surface area contributed by atoms with E-state index < -0.39 is 10.0 Å². The maximum absolute atomic E-state index is 12.0. The van der Waals surface area contributed by atoms with Crippen LogP contribution in [0.25, 0.3) is 0 Å². The van der Waals surface area contributed by atoms with Gasteiger partial charge in [-0.1, -0.05) is 6.07 Å². The van der Waals surface area contributed by atoms with Gasteiger partial charge in [-0.3, -0.25) is 0 Å². The molecule has 102 valence electrons. The molecular formula is C13H16N2O3S. The highest BCUT2D eigenvalue weighted by Gasteiger charge is 2.17. The molecule has 0 aliphatic rings. The predicted molar refractivity (Wildman–Crippen MR) is 73.3 cm³/mol. The Bertz CT molecular complexity index is 634. The zero-order chi connectivity index (χ0) is 13.9. The second-order valence-electron chi connectivity index (χ2n) is 4.25. The van der Waals surface area contributed by atoms with Crippen molar-refractivity contribution in [3.05, 3.63) is 48.4 Å². The van der Waals surface area contributed by atoms with Crippen molar-refractivity contribution in [1.82, 2.24) is 4.31 Å². The number of nitrogens with one attached hydrogen (secondary N) is 1. The number of sulfonamides is 1. The SMILES string of the molecule is CN(C)S(=O)(=O)c1cccc(NCc2ccco2)c1. The minimum atomic E-state index is -3.40. The Hall–Kier alpha value is -1.79. The van der Waals surface area contributed by atoms with Crippen LogP contribution in [0.2, 0.25) is 0 Å². The van der Waals surface area contributed by atoms with Gasteiger partial charge in [0.15, 0.2) is 0 Å². The Morgan fingerprint density at radius 1 is 1.21 bits per heavy atom. The van der Waals surface area contributed by atoms with E-state index in [1.54, 1.807) is 24.5 Å². The first-order valence-electron chi connectivity index (χ1n) is 5.79. The monoisotopic (exact) mass is 280 g/mol. The number of hydrogen-bond donors (Lipinski definition) is 1. The number of furan rings is 1. The van der Waals surface area contributed by atoms with E-state index in [1.807, 2.05) is 18.2 Å². The maximum Gasteiger partial charge on any atom is 0.242 e. The minimum absolute atomic E-state index is 0.266. The molecule has 0 fully saturated rings. The Kier molecular flexibility index (Phi) is 3.92. The van der Waals surface area contributed by atoms with Crippen LogP contribution in [0.3, 0.4) is 0 Å². The summed E-state index contributed by atoms with van der Waals surface area (Å²) in [5.41, 5.74) is 0.735. The lowest BCUT2D eigenvalue weighted by Gasteiger charge is -2.12. The first-order chi connectivity index (χ1) is 9.00. The lowest BCUT2D eigenvalue weighted by molar-refractivity contribution is 0.518. The summed E-state index contributed by atoms with van der Waals surface area (Å²) in [6.45, 7) is 0.512. The molecule has 1 aromatic carbocycles. The van der Waals surface area contributed by atoms with Crippen LogP contribution in [-0.2, 0) is 16.6 Å². The van der Waals surface area contributed by atoms with Gasteiger partial charge in [-0.2, -0.15) is 0 Å². The summed E-state index contributed by atoms with van der Waals surface area (Å²) in [5, 5.41) is 3.12. The van der Waals surface area contributed by atoms with E-state index in [0.29, 0.717) is 6.54 Å². The van der Waals surface area contributed by atoms with Gasteiger partial charge in [0.2, 0.25) is 10.0 Å². The number of hydrogen-bond acceptors (Lipinski definition) is 4. The van der Waals surface area contributed by atoms with E-state index in [4.69, 9.17) is 4.42 Å². The summed E-state index contributed by atoms with van der Waals surface area (Å²) in [4.78, 5) is 0.266. The van der Waals surface area contributed by atoms with Gasteiger partial charge in [-0.05, 0) is 30.3 Å². The van der Waals surface area contributed by atoms with Crippen molar-refractivity contribution in [2.24, 2.45) is 0 Å². The lowest BCUT2D eigenvalue weighted by atomic mass is 10.3. The summed E-state index contributed by atoms with van der Waals surface area (Å²) in [5.74, 6) is 0.792. The van der Waals surface area contributed by atoms with Crippen LogP contribution in [0.5, 0.6) is 0 Å². The Balaban J connectivity index is 2.16. The van der Waals surface area contributed by atoms with Crippen LogP contribution < -0.4 is 5.32 Å². The summed E-state index contributed by atoms with van der Waals surface area (Å²) >= 11 is 0. The molecule has 5 nitrogen and oxygen atoms in total. The second-order valence-corrected chi connectivity index (χ2v) is 6.40. The summed E-state index contributed by atoms with van der Waals surface area (Å²) in [6.07, 6.45) is 1.60. The fourth-order valence-corrected chi connectivity index (χ4v) is 2.53. The average molecular weight is 280 g/mol. The highest BCUT2D eigenvalue weighted by atomic mass is 32.2. The van der Waals surface area contributed by atoms with Crippen LogP contribution in [0.1, 0.15) is 5.76 Å². The topological polar surface area (TPSA) is 62.6 Å². The molecule has 0 unspecified atom stereocenters. The van der Waals surface area contributed by atoms with Crippen molar-refractivity contribution in [3.8, 4) is 0 Å². The van der Waals surface area contributed by atoms with Gasteiger partial charge in [0.25, 0.3) is 0 Å². The summed E-state index contributed by atoms with van der Waals surface area (Å²) in [7, 11) is -0.377. The van der Waals surface area contributed by atoms with Gasteiger partial charge < -0.3 is 9.73 Å². The van der Waals surface area contributed by atoms with E-state index in [1.165, 1.54) is 18.4 Å². The minimum Gasteiger partial charge on any atom is -0.467 e. The fourth-order valence-electron chi connectivity index (χ4n) is 1.58. The van der Waals surface area contributed by atoms with Crippen molar-refractivity contribution in [2.45, 2.75) is 11.4 Å². The Morgan fingerprint density at radius 2 is 2.00 bits per heavy atom. The molecular weight excluding hydrogens is 264 g/mol. The van der Waals surface area contributed by atoms with Crippen LogP contribution in [0, 0.1) is 0 Å². The van der Waals surface area contributed by atoms with Crippen molar-refractivity contribution in [1.29, 1.82) is 0 Å². The Morgan fingerprint density at radius 3 is 2.63 bits per heavy atom. The zero-order valence-electron chi connectivity index (χ0n) is 10.8. The van der Waals surface area contributed by atoms with Crippen LogP contribution >= 0.6 is 0 Å². The molecule has 0 aliphatic heterocycles. The number of nitrogens with zero attached hydrogens (tertiary/aromatic N) is 1. The third-order valence-electron chi connectivity index (χ3n) is 2.66. The Labute approximate surface area is 112 Å². The molecule has 0 saturated heterocycles. The third kappa shape index (κ3) is 3.15. The molecule has 2 aromatic rings. The number of rotatable bonds is 5. The van der Waals surface area contributed by atoms with Gasteiger partial charge in [0.1, 0.15) is 5.76 Å². The molecule has 0 bridgehead atoms. The van der Waals surface area contributed by atoms with Gasteiger partial charge in [0, 0.05) is 19.8 Å². The molecule has 1 N–H and O–H groups in total. The number of benzene rings is 1. The zero-order valence-corrected chi connectivity index (χ0v) is 11.6. The van der Waals surface area contributed by atoms with Crippen molar-refractivity contribution < 1.29 is 12.8 Å². The fraction of sp³-hybridized carbons (Fsp3) is 0.231. The standard InChI is InChI=1S/C13H16N2O3S/c1-15(2)19(16,17)13-7-3-5-11(9-13)14-10-12-6-4-8-18-12/h3-9,14H,10H2,1-2H3. The highest BCUT2D eigenvalue weighted by molar-refractivity contribution is 7.89. The molecule has 0 amide bonds. The van der Waals surface area contributed by atoms with Crippen LogP contribution in [-0.4, -0.2) is 26.8 Å². The van der Waals surface area contributed by atoms with Crippen molar-refractivity contribution in [3.63, 3.8) is 0 Å². The van der Waals surface area contributed by atoms with Crippen molar-refractivity contribution in [2.75, 3.05) is 19.4 Å². The molecule has 1 aromatic heterocycles. The van der Waals surface area contributed by atoms with E-state index in [-0.39, 0.29) is 4.90 Å². The lowest BCUT2D eigenvalue weighted by Crippen LogP contribution is -2.22. The molecule has 6 heteroatoms. The average Bonchev–Trinajstić information content (AvgIpc) is 2.89. The molecule has 19 heavy (non-hydrogen) atoms. The van der Waals surface area contributed by atoms with E-state index in [9.17, 15) is 8.42 Å². The smallest absolute Gasteiger partial charge is 0.242 e. The van der Waals surface area contributed by atoms with Gasteiger partial charge in [-0.25, -0.2) is 12.7 Å². The van der Waals surface area contributed by atoms with Crippen LogP contribution in [0.4, 0.5) is 5.69 Å². The molecule has 0 saturated carbocycles. The largest absolute Gasteiger partial charge is 0.467 e. The first kappa shape index (κ1) is 13.6. The van der Waals surface area contributed by atoms with Gasteiger partial charge >= 0.3 is 0 Å². The quantitative estimate of drug-likeness (QED) is 0.911. The summed E-state index contributed by atoms with van der Waals surface area (Å²) < 4.78 is 30.4. The second kappa shape index (κ2) is 5.46. The summed E-state index contributed by atoms with van der Waals surface area (Å²) in [6, 6.07) is 10.4. The molecule has 1 heterocycles. The van der Waals surface area contributed by atoms with Crippen molar-refractivity contribution >= 4 is 15.7 Å². The van der Waals surface area contributed by atoms with E-state index in [0.717, 1.165) is 11.4 Å². The van der Waals surface area contributed by atoms with Gasteiger partial charge in [0.05, 0.1) is 17.7 Å². The molecule has 0 aliphatic carbocycles. The molecule has 0 spiro atoms.